The zero-order valence-electron chi connectivity index (χ0n) is 13.4. The van der Waals surface area contributed by atoms with Crippen molar-refractivity contribution in [1.29, 1.82) is 0 Å². The maximum Gasteiger partial charge on any atom is 0.317 e. The van der Waals surface area contributed by atoms with Crippen molar-refractivity contribution in [3.05, 3.63) is 47.5 Å². The SMILES string of the molecule is Cc1cc(C)nc(OC2CCCN(C(=O)c3ccccn3)C2)n1. The molecule has 0 radical (unpaired) electrons. The molecule has 1 atom stereocenters. The molecule has 6 nitrogen and oxygen atoms in total. The number of piperidine rings is 1. The second-order valence-corrected chi connectivity index (χ2v) is 5.78. The minimum Gasteiger partial charge on any atom is -0.458 e. The number of aromatic nitrogens is 3. The number of ether oxygens (including phenoxy) is 1. The summed E-state index contributed by atoms with van der Waals surface area (Å²) in [5.41, 5.74) is 2.23. The van der Waals surface area contributed by atoms with E-state index in [9.17, 15) is 4.79 Å². The summed E-state index contributed by atoms with van der Waals surface area (Å²) in [6, 6.07) is 7.65. The number of carbonyl (C=O) groups excluding carboxylic acids is 1. The van der Waals surface area contributed by atoms with Gasteiger partial charge in [-0.3, -0.25) is 9.78 Å². The summed E-state index contributed by atoms with van der Waals surface area (Å²) in [4.78, 5) is 27.0. The third-order valence-corrected chi connectivity index (χ3v) is 3.78. The molecule has 120 valence electrons. The van der Waals surface area contributed by atoms with Crippen LogP contribution in [0.5, 0.6) is 6.01 Å². The predicted octanol–water partition coefficient (Wildman–Crippen LogP) is 2.17. The van der Waals surface area contributed by atoms with E-state index in [1.165, 1.54) is 0 Å². The van der Waals surface area contributed by atoms with Crippen LogP contribution in [0.2, 0.25) is 0 Å². The van der Waals surface area contributed by atoms with Crippen LogP contribution in [0.1, 0.15) is 34.7 Å². The highest BCUT2D eigenvalue weighted by atomic mass is 16.5. The minimum atomic E-state index is -0.0855. The molecule has 0 spiro atoms. The van der Waals surface area contributed by atoms with Crippen LogP contribution >= 0.6 is 0 Å². The van der Waals surface area contributed by atoms with E-state index >= 15 is 0 Å². The van der Waals surface area contributed by atoms with Crippen molar-refractivity contribution in [3.8, 4) is 6.01 Å². The smallest absolute Gasteiger partial charge is 0.317 e. The summed E-state index contributed by atoms with van der Waals surface area (Å²) in [6.45, 7) is 5.09. The van der Waals surface area contributed by atoms with Crippen molar-refractivity contribution in [2.75, 3.05) is 13.1 Å². The Kier molecular flexibility index (Phi) is 4.50. The Labute approximate surface area is 135 Å². The number of nitrogens with zero attached hydrogens (tertiary/aromatic N) is 4. The lowest BCUT2D eigenvalue weighted by atomic mass is 10.1. The van der Waals surface area contributed by atoms with Crippen molar-refractivity contribution in [2.24, 2.45) is 0 Å². The lowest BCUT2D eigenvalue weighted by Gasteiger charge is -2.32. The van der Waals surface area contributed by atoms with Crippen LogP contribution in [0.15, 0.2) is 30.5 Å². The summed E-state index contributed by atoms with van der Waals surface area (Å²) < 4.78 is 5.90. The van der Waals surface area contributed by atoms with E-state index in [-0.39, 0.29) is 12.0 Å². The molecular weight excluding hydrogens is 292 g/mol. The van der Waals surface area contributed by atoms with Gasteiger partial charge in [-0.05, 0) is 44.9 Å². The quantitative estimate of drug-likeness (QED) is 0.869. The third kappa shape index (κ3) is 3.83. The van der Waals surface area contributed by atoms with Gasteiger partial charge in [0.2, 0.25) is 0 Å². The second-order valence-electron chi connectivity index (χ2n) is 5.78. The number of carbonyl (C=O) groups is 1. The topological polar surface area (TPSA) is 68.2 Å². The van der Waals surface area contributed by atoms with Crippen molar-refractivity contribution in [2.45, 2.75) is 32.8 Å². The van der Waals surface area contributed by atoms with Gasteiger partial charge in [-0.25, -0.2) is 9.97 Å². The van der Waals surface area contributed by atoms with Crippen molar-refractivity contribution < 1.29 is 9.53 Å². The molecule has 1 amide bonds. The van der Waals surface area contributed by atoms with Gasteiger partial charge in [0.1, 0.15) is 11.8 Å². The van der Waals surface area contributed by atoms with Crippen molar-refractivity contribution in [3.63, 3.8) is 0 Å². The third-order valence-electron chi connectivity index (χ3n) is 3.78. The van der Waals surface area contributed by atoms with Gasteiger partial charge >= 0.3 is 6.01 Å². The van der Waals surface area contributed by atoms with Crippen LogP contribution in [0.4, 0.5) is 0 Å². The molecular formula is C17H20N4O2. The Morgan fingerprint density at radius 3 is 2.74 bits per heavy atom. The Morgan fingerprint density at radius 2 is 2.04 bits per heavy atom. The van der Waals surface area contributed by atoms with E-state index in [4.69, 9.17) is 4.74 Å². The summed E-state index contributed by atoms with van der Waals surface area (Å²) in [7, 11) is 0. The molecule has 1 saturated heterocycles. The first kappa shape index (κ1) is 15.4. The van der Waals surface area contributed by atoms with E-state index in [1.54, 1.807) is 23.2 Å². The zero-order chi connectivity index (χ0) is 16.2. The standard InChI is InChI=1S/C17H20N4O2/c1-12-10-13(2)20-17(19-12)23-14-6-5-9-21(11-14)16(22)15-7-3-4-8-18-15/h3-4,7-8,10,14H,5-6,9,11H2,1-2H3. The fraction of sp³-hybridized carbons (Fsp3) is 0.412. The number of amides is 1. The molecule has 2 aromatic heterocycles. The average molecular weight is 312 g/mol. The van der Waals surface area contributed by atoms with E-state index in [1.807, 2.05) is 26.0 Å². The Hall–Kier alpha value is -2.50. The normalized spacial score (nSPS) is 17.8. The van der Waals surface area contributed by atoms with Crippen LogP contribution in [-0.4, -0.2) is 45.0 Å². The van der Waals surface area contributed by atoms with Crippen LogP contribution in [0.3, 0.4) is 0 Å². The number of hydrogen-bond acceptors (Lipinski definition) is 5. The maximum absolute atomic E-state index is 12.5. The Morgan fingerprint density at radius 1 is 1.26 bits per heavy atom. The summed E-state index contributed by atoms with van der Waals surface area (Å²) in [6.07, 6.45) is 3.34. The molecule has 0 aliphatic carbocycles. The highest BCUT2D eigenvalue weighted by Gasteiger charge is 2.26. The van der Waals surface area contributed by atoms with Gasteiger partial charge in [-0.1, -0.05) is 6.07 Å². The van der Waals surface area contributed by atoms with Gasteiger partial charge in [-0.15, -0.1) is 0 Å². The first-order chi connectivity index (χ1) is 11.1. The van der Waals surface area contributed by atoms with Crippen molar-refractivity contribution in [1.82, 2.24) is 19.9 Å². The minimum absolute atomic E-state index is 0.0553. The Balaban J connectivity index is 1.67. The molecule has 0 saturated carbocycles. The molecule has 0 bridgehead atoms. The number of hydrogen-bond donors (Lipinski definition) is 0. The first-order valence-electron chi connectivity index (χ1n) is 7.81. The van der Waals surface area contributed by atoms with Gasteiger partial charge in [0.15, 0.2) is 0 Å². The first-order valence-corrected chi connectivity index (χ1v) is 7.81. The molecule has 1 unspecified atom stereocenters. The molecule has 23 heavy (non-hydrogen) atoms. The average Bonchev–Trinajstić information content (AvgIpc) is 2.54. The molecule has 6 heteroatoms. The van der Waals surface area contributed by atoms with E-state index in [0.717, 1.165) is 30.8 Å². The fourth-order valence-electron chi connectivity index (χ4n) is 2.77. The molecule has 2 aromatic rings. The molecule has 3 heterocycles. The monoisotopic (exact) mass is 312 g/mol. The van der Waals surface area contributed by atoms with Gasteiger partial charge in [0.25, 0.3) is 5.91 Å². The van der Waals surface area contributed by atoms with Crippen LogP contribution in [0.25, 0.3) is 0 Å². The molecule has 1 fully saturated rings. The molecule has 1 aliphatic rings. The zero-order valence-corrected chi connectivity index (χ0v) is 13.4. The predicted molar refractivity (Wildman–Crippen MR) is 85.3 cm³/mol. The second kappa shape index (κ2) is 6.73. The van der Waals surface area contributed by atoms with E-state index in [2.05, 4.69) is 15.0 Å². The number of rotatable bonds is 3. The van der Waals surface area contributed by atoms with Crippen molar-refractivity contribution >= 4 is 5.91 Å². The lowest BCUT2D eigenvalue weighted by Crippen LogP contribution is -2.44. The highest BCUT2D eigenvalue weighted by Crippen LogP contribution is 2.17. The van der Waals surface area contributed by atoms with Crippen LogP contribution in [-0.2, 0) is 0 Å². The van der Waals surface area contributed by atoms with Gasteiger partial charge in [0.05, 0.1) is 6.54 Å². The highest BCUT2D eigenvalue weighted by molar-refractivity contribution is 5.92. The number of pyridine rings is 1. The van der Waals surface area contributed by atoms with E-state index < -0.39 is 0 Å². The maximum atomic E-state index is 12.5. The Bertz CT molecular complexity index is 670. The number of likely N-dealkylation sites (tertiary alicyclic amines) is 1. The lowest BCUT2D eigenvalue weighted by molar-refractivity contribution is 0.0510. The van der Waals surface area contributed by atoms with Gasteiger partial charge < -0.3 is 9.64 Å². The van der Waals surface area contributed by atoms with Crippen LogP contribution < -0.4 is 4.74 Å². The van der Waals surface area contributed by atoms with Gasteiger partial charge in [-0.2, -0.15) is 0 Å². The molecule has 3 rings (SSSR count). The molecule has 0 N–H and O–H groups in total. The fourth-order valence-corrected chi connectivity index (χ4v) is 2.77. The van der Waals surface area contributed by atoms with Crippen LogP contribution in [0, 0.1) is 13.8 Å². The van der Waals surface area contributed by atoms with Gasteiger partial charge in [0, 0.05) is 24.1 Å². The largest absolute Gasteiger partial charge is 0.458 e. The number of aryl methyl sites for hydroxylation is 2. The molecule has 0 aromatic carbocycles. The summed E-state index contributed by atoms with van der Waals surface area (Å²) in [5.74, 6) is -0.0553. The molecule has 1 aliphatic heterocycles. The van der Waals surface area contributed by atoms with E-state index in [0.29, 0.717) is 18.2 Å². The summed E-state index contributed by atoms with van der Waals surface area (Å²) >= 11 is 0. The summed E-state index contributed by atoms with van der Waals surface area (Å²) in [5, 5.41) is 0.